The summed E-state index contributed by atoms with van der Waals surface area (Å²) in [5.41, 5.74) is -0.816. The molecule has 3 aliphatic rings. The summed E-state index contributed by atoms with van der Waals surface area (Å²) in [6.07, 6.45) is 2.32. The quantitative estimate of drug-likeness (QED) is 0.778. The molecule has 2 bridgehead atoms. The van der Waals surface area contributed by atoms with Crippen molar-refractivity contribution in [2.45, 2.75) is 33.1 Å². The molecule has 0 amide bonds. The highest BCUT2D eigenvalue weighted by Crippen LogP contribution is 2.64. The number of piperazine rings is 1. The van der Waals surface area contributed by atoms with Crippen molar-refractivity contribution in [2.75, 3.05) is 39.0 Å². The molecule has 0 radical (unpaired) electrons. The molecule has 0 N–H and O–H groups in total. The zero-order valence-corrected chi connectivity index (χ0v) is 14.1. The molecule has 0 aromatic carbocycles. The van der Waals surface area contributed by atoms with Crippen LogP contribution in [0.25, 0.3) is 0 Å². The fourth-order valence-electron chi connectivity index (χ4n) is 4.58. The van der Waals surface area contributed by atoms with Crippen molar-refractivity contribution >= 4 is 15.8 Å². The molecule has 1 aliphatic heterocycles. The number of ketones is 1. The molecule has 2 saturated carbocycles. The fraction of sp³-hybridized carbons (Fsp3) is 0.933. The third-order valence-corrected chi connectivity index (χ3v) is 8.43. The second kappa shape index (κ2) is 4.77. The highest BCUT2D eigenvalue weighted by atomic mass is 32.2. The molecule has 0 aromatic rings. The molecule has 3 fully saturated rings. The second-order valence-corrected chi connectivity index (χ2v) is 9.59. The van der Waals surface area contributed by atoms with Crippen LogP contribution in [-0.2, 0) is 14.8 Å². The van der Waals surface area contributed by atoms with Gasteiger partial charge in [0.05, 0.1) is 5.75 Å². The average Bonchev–Trinajstić information content (AvgIpc) is 2.72. The number of sulfonamides is 1. The van der Waals surface area contributed by atoms with Gasteiger partial charge in [-0.05, 0) is 31.2 Å². The Morgan fingerprint density at radius 1 is 1.19 bits per heavy atom. The van der Waals surface area contributed by atoms with Gasteiger partial charge in [0.1, 0.15) is 5.78 Å². The van der Waals surface area contributed by atoms with Crippen LogP contribution in [-0.4, -0.2) is 62.4 Å². The molecule has 2 atom stereocenters. The maximum absolute atomic E-state index is 12.8. The Hall–Kier alpha value is -0.460. The lowest BCUT2D eigenvalue weighted by atomic mass is 9.70. The summed E-state index contributed by atoms with van der Waals surface area (Å²) in [7, 11) is -1.34. The number of hydrogen-bond donors (Lipinski definition) is 0. The first-order chi connectivity index (χ1) is 9.69. The molecular weight excluding hydrogens is 288 g/mol. The van der Waals surface area contributed by atoms with Gasteiger partial charge >= 0.3 is 0 Å². The number of hydrogen-bond acceptors (Lipinski definition) is 4. The second-order valence-electron chi connectivity index (χ2n) is 7.63. The topological polar surface area (TPSA) is 57.7 Å². The van der Waals surface area contributed by atoms with Crippen LogP contribution in [0.2, 0.25) is 0 Å². The first kappa shape index (κ1) is 15.4. The van der Waals surface area contributed by atoms with Crippen LogP contribution in [0.5, 0.6) is 0 Å². The third-order valence-electron chi connectivity index (χ3n) is 6.42. The van der Waals surface area contributed by atoms with E-state index in [0.717, 1.165) is 25.9 Å². The largest absolute Gasteiger partial charge is 0.304 e. The van der Waals surface area contributed by atoms with Crippen molar-refractivity contribution in [2.24, 2.45) is 16.7 Å². The van der Waals surface area contributed by atoms with Crippen LogP contribution < -0.4 is 0 Å². The number of carbonyl (C=O) groups is 1. The highest BCUT2D eigenvalue weighted by Gasteiger charge is 2.65. The third kappa shape index (κ3) is 2.18. The predicted octanol–water partition coefficient (Wildman–Crippen LogP) is 0.959. The van der Waals surface area contributed by atoms with Crippen LogP contribution in [0.4, 0.5) is 0 Å². The minimum atomic E-state index is -3.35. The summed E-state index contributed by atoms with van der Waals surface area (Å²) < 4.78 is 27.2. The molecule has 120 valence electrons. The van der Waals surface area contributed by atoms with Crippen molar-refractivity contribution < 1.29 is 13.2 Å². The van der Waals surface area contributed by atoms with Crippen LogP contribution in [0, 0.1) is 16.7 Å². The molecule has 2 aliphatic carbocycles. The van der Waals surface area contributed by atoms with Crippen LogP contribution in [0.1, 0.15) is 33.1 Å². The summed E-state index contributed by atoms with van der Waals surface area (Å²) in [6.45, 7) is 6.82. The van der Waals surface area contributed by atoms with Gasteiger partial charge in [-0.25, -0.2) is 8.42 Å². The SMILES string of the molecule is CN1CCN(S(=O)(=O)C[C@]23CC[C@H](CC2=O)C3(C)C)CC1. The molecule has 1 saturated heterocycles. The Morgan fingerprint density at radius 3 is 2.29 bits per heavy atom. The standard InChI is InChI=1S/C15H26N2O3S/c1-14(2)12-4-5-15(14,13(18)10-12)11-21(19,20)17-8-6-16(3)7-9-17/h12H,4-11H2,1-3H3/t12-,15-/m1/s1. The summed E-state index contributed by atoms with van der Waals surface area (Å²) in [4.78, 5) is 14.6. The molecule has 0 unspecified atom stereocenters. The zero-order chi connectivity index (χ0) is 15.5. The lowest BCUT2D eigenvalue weighted by Gasteiger charge is -2.39. The Morgan fingerprint density at radius 2 is 1.81 bits per heavy atom. The normalized spacial score (nSPS) is 37.3. The van der Waals surface area contributed by atoms with Gasteiger partial charge in [0, 0.05) is 38.0 Å². The van der Waals surface area contributed by atoms with E-state index in [-0.39, 0.29) is 17.0 Å². The maximum atomic E-state index is 12.8. The molecule has 0 spiro atoms. The summed E-state index contributed by atoms with van der Waals surface area (Å²) in [5, 5.41) is 0. The van der Waals surface area contributed by atoms with Crippen molar-refractivity contribution in [3.05, 3.63) is 0 Å². The number of carbonyl (C=O) groups excluding carboxylic acids is 1. The first-order valence-electron chi connectivity index (χ1n) is 7.89. The van der Waals surface area contributed by atoms with Gasteiger partial charge < -0.3 is 4.90 Å². The lowest BCUT2D eigenvalue weighted by Crippen LogP contribution is -2.51. The van der Waals surface area contributed by atoms with Gasteiger partial charge in [-0.15, -0.1) is 0 Å². The van der Waals surface area contributed by atoms with Gasteiger partial charge in [0.15, 0.2) is 0 Å². The van der Waals surface area contributed by atoms with E-state index in [2.05, 4.69) is 18.7 Å². The van der Waals surface area contributed by atoms with E-state index >= 15 is 0 Å². The summed E-state index contributed by atoms with van der Waals surface area (Å²) in [6, 6.07) is 0. The summed E-state index contributed by atoms with van der Waals surface area (Å²) in [5.74, 6) is 0.570. The van der Waals surface area contributed by atoms with Crippen molar-refractivity contribution in [3.8, 4) is 0 Å². The monoisotopic (exact) mass is 314 g/mol. The van der Waals surface area contributed by atoms with Gasteiger partial charge in [-0.1, -0.05) is 13.8 Å². The Balaban J connectivity index is 1.83. The Bertz CT molecular complexity index is 549. The number of likely N-dealkylation sites (N-methyl/N-ethyl adjacent to an activating group) is 1. The Labute approximate surface area is 127 Å². The Kier molecular flexibility index (Phi) is 3.50. The van der Waals surface area contributed by atoms with Gasteiger partial charge in [0.2, 0.25) is 10.0 Å². The number of rotatable bonds is 3. The molecule has 1 heterocycles. The maximum Gasteiger partial charge on any atom is 0.215 e. The molecule has 0 aromatic heterocycles. The predicted molar refractivity (Wildman–Crippen MR) is 81.4 cm³/mol. The minimum Gasteiger partial charge on any atom is -0.304 e. The van der Waals surface area contributed by atoms with Crippen molar-refractivity contribution in [1.82, 2.24) is 9.21 Å². The lowest BCUT2D eigenvalue weighted by molar-refractivity contribution is -0.128. The van der Waals surface area contributed by atoms with E-state index in [1.165, 1.54) is 0 Å². The van der Waals surface area contributed by atoms with E-state index in [1.807, 2.05) is 7.05 Å². The number of Topliss-reactive ketones (excluding diaryl/α,β-unsaturated/α-hetero) is 1. The fourth-order valence-corrected chi connectivity index (χ4v) is 6.78. The van der Waals surface area contributed by atoms with Crippen molar-refractivity contribution in [1.29, 1.82) is 0 Å². The van der Waals surface area contributed by atoms with E-state index in [0.29, 0.717) is 25.4 Å². The highest BCUT2D eigenvalue weighted by molar-refractivity contribution is 7.89. The van der Waals surface area contributed by atoms with E-state index in [9.17, 15) is 13.2 Å². The minimum absolute atomic E-state index is 0.0199. The number of fused-ring (bicyclic) bond motifs is 2. The summed E-state index contributed by atoms with van der Waals surface area (Å²) >= 11 is 0. The van der Waals surface area contributed by atoms with Gasteiger partial charge in [-0.2, -0.15) is 4.31 Å². The number of nitrogens with zero attached hydrogens (tertiary/aromatic N) is 2. The molecular formula is C15H26N2O3S. The van der Waals surface area contributed by atoms with E-state index in [4.69, 9.17) is 0 Å². The average molecular weight is 314 g/mol. The zero-order valence-electron chi connectivity index (χ0n) is 13.3. The van der Waals surface area contributed by atoms with Gasteiger partial charge in [-0.3, -0.25) is 4.79 Å². The molecule has 6 heteroatoms. The smallest absolute Gasteiger partial charge is 0.215 e. The van der Waals surface area contributed by atoms with Crippen LogP contribution in [0.3, 0.4) is 0 Å². The van der Waals surface area contributed by atoms with Crippen LogP contribution in [0.15, 0.2) is 0 Å². The van der Waals surface area contributed by atoms with Crippen molar-refractivity contribution in [3.63, 3.8) is 0 Å². The molecule has 5 nitrogen and oxygen atoms in total. The molecule has 3 rings (SSSR count). The van der Waals surface area contributed by atoms with E-state index in [1.54, 1.807) is 4.31 Å². The molecule has 21 heavy (non-hydrogen) atoms. The van der Waals surface area contributed by atoms with Crippen LogP contribution >= 0.6 is 0 Å². The van der Waals surface area contributed by atoms with Gasteiger partial charge in [0.25, 0.3) is 0 Å². The van der Waals surface area contributed by atoms with E-state index < -0.39 is 15.4 Å². The first-order valence-corrected chi connectivity index (χ1v) is 9.50.